The van der Waals surface area contributed by atoms with Crippen molar-refractivity contribution in [1.29, 1.82) is 0 Å². The van der Waals surface area contributed by atoms with E-state index in [0.717, 1.165) is 24.0 Å². The Labute approximate surface area is 183 Å². The van der Waals surface area contributed by atoms with Crippen molar-refractivity contribution in [2.75, 3.05) is 0 Å². The van der Waals surface area contributed by atoms with E-state index in [9.17, 15) is 9.18 Å². The van der Waals surface area contributed by atoms with Crippen LogP contribution >= 0.6 is 0 Å². The fourth-order valence-corrected chi connectivity index (χ4v) is 3.56. The maximum absolute atomic E-state index is 13.1. The van der Waals surface area contributed by atoms with Crippen LogP contribution in [-0.2, 0) is 19.5 Å². The Hall–Kier alpha value is -3.34. The highest BCUT2D eigenvalue weighted by Gasteiger charge is 2.24. The van der Waals surface area contributed by atoms with Gasteiger partial charge in [0.15, 0.2) is 0 Å². The molecule has 31 heavy (non-hydrogen) atoms. The number of hydrogen-bond acceptors (Lipinski definition) is 2. The molecule has 0 saturated heterocycles. The number of urea groups is 1. The topological polar surface area (TPSA) is 58.4 Å². The minimum atomic E-state index is -0.266. The molecule has 0 aromatic heterocycles. The number of nitrogens with one attached hydrogen (secondary N) is 1. The maximum atomic E-state index is 13.1. The molecule has 2 aromatic carbocycles. The molecule has 1 heterocycles. The first-order chi connectivity index (χ1) is 14.9. The van der Waals surface area contributed by atoms with Crippen molar-refractivity contribution in [3.63, 3.8) is 0 Å². The molecular formula is C26H30FN3O. The van der Waals surface area contributed by atoms with Gasteiger partial charge in [0.1, 0.15) is 5.82 Å². The van der Waals surface area contributed by atoms with Crippen molar-refractivity contribution in [2.24, 2.45) is 5.73 Å². The molecule has 4 nitrogen and oxygen atoms in total. The van der Waals surface area contributed by atoms with E-state index in [4.69, 9.17) is 5.73 Å². The van der Waals surface area contributed by atoms with Crippen LogP contribution in [0.2, 0.25) is 0 Å². The monoisotopic (exact) mass is 419 g/mol. The van der Waals surface area contributed by atoms with E-state index >= 15 is 0 Å². The molecule has 1 aliphatic heterocycles. The molecule has 2 aromatic rings. The Morgan fingerprint density at radius 3 is 2.48 bits per heavy atom. The summed E-state index contributed by atoms with van der Waals surface area (Å²) in [5.41, 5.74) is 12.9. The van der Waals surface area contributed by atoms with Crippen molar-refractivity contribution in [3.8, 4) is 0 Å². The van der Waals surface area contributed by atoms with Crippen LogP contribution < -0.4 is 11.1 Å². The Balaban J connectivity index is 1.69. The summed E-state index contributed by atoms with van der Waals surface area (Å²) < 4.78 is 13.1. The van der Waals surface area contributed by atoms with Crippen LogP contribution in [0.1, 0.15) is 49.4 Å². The van der Waals surface area contributed by atoms with Crippen LogP contribution in [0.4, 0.5) is 9.18 Å². The molecule has 0 saturated carbocycles. The van der Waals surface area contributed by atoms with Gasteiger partial charge in [0, 0.05) is 13.1 Å². The van der Waals surface area contributed by atoms with E-state index in [1.165, 1.54) is 28.8 Å². The molecule has 0 aliphatic carbocycles. The lowest BCUT2D eigenvalue weighted by molar-refractivity contribution is 0.201. The number of allylic oxidation sites excluding steroid dienone is 4. The Morgan fingerprint density at radius 1 is 1.10 bits per heavy atom. The van der Waals surface area contributed by atoms with Gasteiger partial charge in [-0.1, -0.05) is 56.3 Å². The van der Waals surface area contributed by atoms with E-state index in [1.54, 1.807) is 23.1 Å². The van der Waals surface area contributed by atoms with Crippen molar-refractivity contribution in [3.05, 3.63) is 100 Å². The van der Waals surface area contributed by atoms with Gasteiger partial charge in [-0.2, -0.15) is 0 Å². The number of benzene rings is 2. The molecule has 5 heteroatoms. The predicted molar refractivity (Wildman–Crippen MR) is 124 cm³/mol. The van der Waals surface area contributed by atoms with E-state index in [0.29, 0.717) is 24.5 Å². The minimum Gasteiger partial charge on any atom is -0.397 e. The number of hydrogen-bond donors (Lipinski definition) is 2. The average molecular weight is 420 g/mol. The summed E-state index contributed by atoms with van der Waals surface area (Å²) in [4.78, 5) is 14.7. The van der Waals surface area contributed by atoms with Gasteiger partial charge >= 0.3 is 6.03 Å². The normalized spacial score (nSPS) is 14.6. The zero-order chi connectivity index (χ0) is 22.4. The largest absolute Gasteiger partial charge is 0.397 e. The second-order valence-electron chi connectivity index (χ2n) is 7.75. The van der Waals surface area contributed by atoms with Crippen LogP contribution in [0.15, 0.2) is 72.1 Å². The van der Waals surface area contributed by atoms with E-state index in [1.807, 2.05) is 26.0 Å². The van der Waals surface area contributed by atoms with E-state index in [-0.39, 0.29) is 11.8 Å². The summed E-state index contributed by atoms with van der Waals surface area (Å²) in [5.74, 6) is -0.266. The number of nitrogens with two attached hydrogens (primary N) is 1. The van der Waals surface area contributed by atoms with Crippen LogP contribution in [0.5, 0.6) is 0 Å². The molecule has 0 fully saturated rings. The van der Waals surface area contributed by atoms with Crippen LogP contribution in [0.3, 0.4) is 0 Å². The highest BCUT2D eigenvalue weighted by molar-refractivity contribution is 5.78. The molecule has 1 aliphatic rings. The number of fused-ring (bicyclic) bond motifs is 1. The molecule has 0 bridgehead atoms. The van der Waals surface area contributed by atoms with Gasteiger partial charge in [-0.15, -0.1) is 0 Å². The van der Waals surface area contributed by atoms with Crippen molar-refractivity contribution < 1.29 is 9.18 Å². The maximum Gasteiger partial charge on any atom is 0.322 e. The lowest BCUT2D eigenvalue weighted by Gasteiger charge is -2.18. The molecule has 3 N–H and O–H groups in total. The number of carbonyl (C=O) groups excluding carboxylic acids is 1. The number of carbonyl (C=O) groups is 1. The van der Waals surface area contributed by atoms with Gasteiger partial charge in [-0.05, 0) is 65.8 Å². The van der Waals surface area contributed by atoms with Gasteiger partial charge in [0.05, 0.1) is 11.4 Å². The first kappa shape index (κ1) is 22.3. The zero-order valence-corrected chi connectivity index (χ0v) is 18.4. The summed E-state index contributed by atoms with van der Waals surface area (Å²) in [6, 6.07) is 12.6. The highest BCUT2D eigenvalue weighted by atomic mass is 19.1. The predicted octanol–water partition coefficient (Wildman–Crippen LogP) is 5.65. The third-order valence-electron chi connectivity index (χ3n) is 5.46. The number of aryl methyl sites for hydroxylation is 1. The van der Waals surface area contributed by atoms with Gasteiger partial charge in [-0.3, -0.25) is 0 Å². The van der Waals surface area contributed by atoms with Gasteiger partial charge < -0.3 is 16.0 Å². The van der Waals surface area contributed by atoms with Gasteiger partial charge in [0.2, 0.25) is 0 Å². The van der Waals surface area contributed by atoms with E-state index in [2.05, 4.69) is 30.4 Å². The van der Waals surface area contributed by atoms with Crippen LogP contribution in [0, 0.1) is 5.82 Å². The Kier molecular flexibility index (Phi) is 7.29. The summed E-state index contributed by atoms with van der Waals surface area (Å²) >= 11 is 0. The quantitative estimate of drug-likeness (QED) is 0.594. The summed E-state index contributed by atoms with van der Waals surface area (Å²) in [6.07, 6.45) is 7.27. The average Bonchev–Trinajstić information content (AvgIpc) is 3.20. The van der Waals surface area contributed by atoms with Crippen LogP contribution in [0.25, 0.3) is 5.57 Å². The number of nitrogens with zero attached hydrogens (tertiary/aromatic N) is 1. The number of rotatable bonds is 6. The molecule has 0 atom stereocenters. The van der Waals surface area contributed by atoms with Crippen molar-refractivity contribution in [2.45, 2.75) is 46.7 Å². The smallest absolute Gasteiger partial charge is 0.322 e. The molecule has 2 amide bonds. The summed E-state index contributed by atoms with van der Waals surface area (Å²) in [5, 5.41) is 2.97. The molecule has 0 radical (unpaired) electrons. The lowest BCUT2D eigenvalue weighted by atomic mass is 10.1. The third-order valence-corrected chi connectivity index (χ3v) is 5.46. The third kappa shape index (κ3) is 5.63. The van der Waals surface area contributed by atoms with Crippen molar-refractivity contribution in [1.82, 2.24) is 10.2 Å². The number of halogens is 1. The standard InChI is InChI=1S/C26H30FN3O/c1-4-6-25(24(28)14-7-18(3)20-10-12-23(27)13-11-20)29-26(31)30-16-21-9-8-19(5-2)15-22(21)17-30/h6-15H,4-5,16-17,28H2,1-3H3,(H,29,31)/b18-7+,24-14+,25-6-. The van der Waals surface area contributed by atoms with E-state index < -0.39 is 0 Å². The SMILES string of the molecule is CC/C=C(NC(=O)N1Cc2ccc(CC)cc2C1)/C(N)=C\C=C(/C)c1ccc(F)cc1. The summed E-state index contributed by atoms with van der Waals surface area (Å²) in [7, 11) is 0. The molecule has 3 rings (SSSR count). The first-order valence-electron chi connectivity index (χ1n) is 10.7. The van der Waals surface area contributed by atoms with Gasteiger partial charge in [-0.25, -0.2) is 9.18 Å². The zero-order valence-electron chi connectivity index (χ0n) is 18.4. The highest BCUT2D eigenvalue weighted by Crippen LogP contribution is 2.24. The number of amides is 2. The first-order valence-corrected chi connectivity index (χ1v) is 10.7. The molecular weight excluding hydrogens is 389 g/mol. The molecule has 0 spiro atoms. The minimum absolute atomic E-state index is 0.162. The second-order valence-corrected chi connectivity index (χ2v) is 7.75. The molecule has 162 valence electrons. The van der Waals surface area contributed by atoms with Gasteiger partial charge in [0.25, 0.3) is 0 Å². The van der Waals surface area contributed by atoms with Crippen molar-refractivity contribution >= 4 is 11.6 Å². The second kappa shape index (κ2) is 10.1. The van der Waals surface area contributed by atoms with Crippen LogP contribution in [-0.4, -0.2) is 10.9 Å². The lowest BCUT2D eigenvalue weighted by Crippen LogP contribution is -2.37. The fraction of sp³-hybridized carbons (Fsp3) is 0.269. The fourth-order valence-electron chi connectivity index (χ4n) is 3.56. The Bertz CT molecular complexity index is 1040. The molecule has 0 unspecified atom stereocenters. The summed E-state index contributed by atoms with van der Waals surface area (Å²) in [6.45, 7) is 7.26. The Morgan fingerprint density at radius 2 is 1.81 bits per heavy atom.